The number of hydrogen-bond acceptors (Lipinski definition) is 4. The summed E-state index contributed by atoms with van der Waals surface area (Å²) in [5.41, 5.74) is 4.18. The lowest BCUT2D eigenvalue weighted by molar-refractivity contribution is -0.164. The average molecular weight is 432 g/mol. The van der Waals surface area contributed by atoms with E-state index in [4.69, 9.17) is 9.84 Å². The molecule has 1 aliphatic carbocycles. The molecule has 0 spiro atoms. The number of nitrogens with one attached hydrogen (secondary N) is 2. The zero-order valence-electron chi connectivity index (χ0n) is 16.7. The predicted octanol–water partition coefficient (Wildman–Crippen LogP) is 3.14. The Balaban J connectivity index is 1.59. The van der Waals surface area contributed by atoms with Gasteiger partial charge in [-0.2, -0.15) is 8.78 Å². The predicted molar refractivity (Wildman–Crippen MR) is 108 cm³/mol. The first kappa shape index (κ1) is 22.2. The number of aliphatic carboxylic acids is 1. The number of fused-ring (bicyclic) bond motifs is 3. The number of carboxylic acids is 1. The van der Waals surface area contributed by atoms with E-state index in [2.05, 4.69) is 5.32 Å². The van der Waals surface area contributed by atoms with E-state index in [1.54, 1.807) is 6.92 Å². The van der Waals surface area contributed by atoms with E-state index in [0.717, 1.165) is 22.3 Å². The summed E-state index contributed by atoms with van der Waals surface area (Å²) in [6, 6.07) is 14.5. The third-order valence-corrected chi connectivity index (χ3v) is 5.16. The summed E-state index contributed by atoms with van der Waals surface area (Å²) >= 11 is 0. The fourth-order valence-electron chi connectivity index (χ4n) is 3.53. The first-order chi connectivity index (χ1) is 14.7. The van der Waals surface area contributed by atoms with E-state index in [9.17, 15) is 23.2 Å². The molecule has 1 aliphatic rings. The van der Waals surface area contributed by atoms with Crippen LogP contribution in [0.25, 0.3) is 11.1 Å². The van der Waals surface area contributed by atoms with Crippen molar-refractivity contribution < 1.29 is 33.0 Å². The second kappa shape index (κ2) is 9.11. The Morgan fingerprint density at radius 3 is 2.13 bits per heavy atom. The number of carboxylic acid groups (broad SMARTS) is 1. The highest BCUT2D eigenvalue weighted by Gasteiger charge is 2.39. The molecule has 0 fully saturated rings. The minimum absolute atomic E-state index is 0.0367. The van der Waals surface area contributed by atoms with E-state index in [1.165, 1.54) is 0 Å². The van der Waals surface area contributed by atoms with Gasteiger partial charge in [-0.25, -0.2) is 9.59 Å². The molecule has 0 saturated carbocycles. The summed E-state index contributed by atoms with van der Waals surface area (Å²) in [6.45, 7) is 0.238. The number of carbonyl (C=O) groups excluding carboxylic acids is 2. The third kappa shape index (κ3) is 4.82. The number of halogens is 2. The van der Waals surface area contributed by atoms with Crippen molar-refractivity contribution in [1.82, 2.24) is 10.6 Å². The lowest BCUT2D eigenvalue weighted by atomic mass is 9.98. The number of rotatable bonds is 8. The van der Waals surface area contributed by atoms with Gasteiger partial charge in [0.1, 0.15) is 12.6 Å². The fourth-order valence-corrected chi connectivity index (χ4v) is 3.53. The molecule has 3 rings (SSSR count). The Morgan fingerprint density at radius 1 is 1.06 bits per heavy atom. The highest BCUT2D eigenvalue weighted by Crippen LogP contribution is 2.44. The number of benzene rings is 2. The average Bonchev–Trinajstić information content (AvgIpc) is 3.08. The van der Waals surface area contributed by atoms with Crippen LogP contribution in [0.4, 0.5) is 13.6 Å². The molecule has 2 aromatic carbocycles. The van der Waals surface area contributed by atoms with Gasteiger partial charge in [-0.3, -0.25) is 4.79 Å². The summed E-state index contributed by atoms with van der Waals surface area (Å²) in [5, 5.41) is 12.6. The van der Waals surface area contributed by atoms with Gasteiger partial charge in [-0.05, 0) is 28.7 Å². The van der Waals surface area contributed by atoms with Crippen molar-refractivity contribution >= 4 is 18.0 Å². The molecule has 3 N–H and O–H groups in total. The molecule has 7 nitrogen and oxygen atoms in total. The molecular weight excluding hydrogens is 410 g/mol. The smallest absolute Gasteiger partial charge is 0.407 e. The van der Waals surface area contributed by atoms with E-state index >= 15 is 0 Å². The zero-order chi connectivity index (χ0) is 22.6. The summed E-state index contributed by atoms with van der Waals surface area (Å²) in [4.78, 5) is 34.8. The topological polar surface area (TPSA) is 105 Å². The van der Waals surface area contributed by atoms with Crippen molar-refractivity contribution in [2.24, 2.45) is 0 Å². The minimum atomic E-state index is -4.10. The van der Waals surface area contributed by atoms with Crippen LogP contribution >= 0.6 is 0 Å². The molecule has 0 bridgehead atoms. The fraction of sp³-hybridized carbons (Fsp3) is 0.318. The van der Waals surface area contributed by atoms with Gasteiger partial charge in [0.25, 0.3) is 0 Å². The molecule has 0 saturated heterocycles. The standard InChI is InChI=1S/C22H22F2N2O5/c1-2-18(19(27)25-12-22(23,24)20(28)29)26-21(30)31-11-17-15-9-5-3-7-13(15)14-8-4-6-10-16(14)17/h3-10,17-18H,2,11-12H2,1H3,(H,25,27)(H,26,30)(H,28,29). The van der Waals surface area contributed by atoms with Crippen LogP contribution in [0.5, 0.6) is 0 Å². The lowest BCUT2D eigenvalue weighted by Crippen LogP contribution is -2.50. The molecule has 0 radical (unpaired) electrons. The summed E-state index contributed by atoms with van der Waals surface area (Å²) in [7, 11) is 0. The maximum atomic E-state index is 13.1. The van der Waals surface area contributed by atoms with Crippen molar-refractivity contribution in [3.63, 3.8) is 0 Å². The molecule has 0 heterocycles. The monoisotopic (exact) mass is 432 g/mol. The molecule has 0 aliphatic heterocycles. The van der Waals surface area contributed by atoms with Crippen LogP contribution in [0.3, 0.4) is 0 Å². The van der Waals surface area contributed by atoms with Gasteiger partial charge in [0.05, 0.1) is 6.54 Å². The highest BCUT2D eigenvalue weighted by molar-refractivity contribution is 5.86. The van der Waals surface area contributed by atoms with Crippen LogP contribution in [0.1, 0.15) is 30.4 Å². The molecule has 31 heavy (non-hydrogen) atoms. The number of alkyl carbamates (subject to hydrolysis) is 1. The van der Waals surface area contributed by atoms with E-state index < -0.39 is 36.5 Å². The molecule has 2 aromatic rings. The van der Waals surface area contributed by atoms with Crippen LogP contribution in [0.15, 0.2) is 48.5 Å². The van der Waals surface area contributed by atoms with Crippen LogP contribution in [0, 0.1) is 0 Å². The highest BCUT2D eigenvalue weighted by atomic mass is 19.3. The molecule has 164 valence electrons. The molecule has 2 amide bonds. The molecule has 1 unspecified atom stereocenters. The number of amides is 2. The van der Waals surface area contributed by atoms with E-state index in [-0.39, 0.29) is 18.9 Å². The summed E-state index contributed by atoms with van der Waals surface area (Å²) in [6.07, 6.45) is -0.761. The quantitative estimate of drug-likeness (QED) is 0.595. The number of carbonyl (C=O) groups is 3. The van der Waals surface area contributed by atoms with Gasteiger partial charge in [0.2, 0.25) is 5.91 Å². The Hall–Kier alpha value is -3.49. The maximum absolute atomic E-state index is 13.1. The normalized spacial score (nSPS) is 13.6. The first-order valence-corrected chi connectivity index (χ1v) is 9.75. The van der Waals surface area contributed by atoms with Crippen LogP contribution in [0.2, 0.25) is 0 Å². The Labute approximate surface area is 177 Å². The van der Waals surface area contributed by atoms with E-state index in [0.29, 0.717) is 0 Å². The molecule has 9 heteroatoms. The van der Waals surface area contributed by atoms with E-state index in [1.807, 2.05) is 53.8 Å². The summed E-state index contributed by atoms with van der Waals surface area (Å²) < 4.78 is 31.6. The third-order valence-electron chi connectivity index (χ3n) is 5.16. The zero-order valence-corrected chi connectivity index (χ0v) is 16.7. The van der Waals surface area contributed by atoms with Crippen molar-refractivity contribution in [3.05, 3.63) is 59.7 Å². The Kier molecular flexibility index (Phi) is 6.53. The van der Waals surface area contributed by atoms with Crippen LogP contribution in [-0.4, -0.2) is 48.2 Å². The van der Waals surface area contributed by atoms with Gasteiger partial charge in [-0.15, -0.1) is 0 Å². The van der Waals surface area contributed by atoms with Crippen molar-refractivity contribution in [1.29, 1.82) is 0 Å². The Bertz CT molecular complexity index is 950. The number of hydrogen-bond donors (Lipinski definition) is 3. The largest absolute Gasteiger partial charge is 0.477 e. The number of ether oxygens (including phenoxy) is 1. The molecule has 0 aromatic heterocycles. The SMILES string of the molecule is CCC(NC(=O)OCC1c2ccccc2-c2ccccc21)C(=O)NCC(F)(F)C(=O)O. The Morgan fingerprint density at radius 2 is 1.61 bits per heavy atom. The second-order valence-electron chi connectivity index (χ2n) is 7.16. The first-order valence-electron chi connectivity index (χ1n) is 9.75. The van der Waals surface area contributed by atoms with Gasteiger partial charge in [0.15, 0.2) is 0 Å². The second-order valence-corrected chi connectivity index (χ2v) is 7.16. The maximum Gasteiger partial charge on any atom is 0.407 e. The van der Waals surface area contributed by atoms with Gasteiger partial charge >= 0.3 is 18.0 Å². The molecule has 1 atom stereocenters. The number of alkyl halides is 2. The molecular formula is C22H22F2N2O5. The van der Waals surface area contributed by atoms with Crippen molar-refractivity contribution in [2.45, 2.75) is 31.2 Å². The minimum Gasteiger partial charge on any atom is -0.477 e. The van der Waals surface area contributed by atoms with Gasteiger partial charge in [0, 0.05) is 5.92 Å². The van der Waals surface area contributed by atoms with Crippen LogP contribution in [-0.2, 0) is 14.3 Å². The van der Waals surface area contributed by atoms with Gasteiger partial charge in [-0.1, -0.05) is 55.5 Å². The van der Waals surface area contributed by atoms with Crippen LogP contribution < -0.4 is 10.6 Å². The summed E-state index contributed by atoms with van der Waals surface area (Å²) in [5.74, 6) is -7.53. The van der Waals surface area contributed by atoms with Crippen molar-refractivity contribution in [3.8, 4) is 11.1 Å². The van der Waals surface area contributed by atoms with Crippen molar-refractivity contribution in [2.75, 3.05) is 13.2 Å². The van der Waals surface area contributed by atoms with Gasteiger partial charge < -0.3 is 20.5 Å². The lowest BCUT2D eigenvalue weighted by Gasteiger charge is -2.19.